The molecule has 28 heavy (non-hydrogen) atoms. The average Bonchev–Trinajstić information content (AvgIpc) is 3.08. The van der Waals surface area contributed by atoms with Crippen LogP contribution in [0.1, 0.15) is 23.1 Å². The largest absolute Gasteiger partial charge is 0.497 e. The van der Waals surface area contributed by atoms with E-state index in [-0.39, 0.29) is 24.2 Å². The van der Waals surface area contributed by atoms with Gasteiger partial charge in [0.25, 0.3) is 0 Å². The Balaban J connectivity index is 1.58. The van der Waals surface area contributed by atoms with Crippen LogP contribution in [-0.4, -0.2) is 37.5 Å². The smallest absolute Gasteiger partial charge is 0.225 e. The lowest BCUT2D eigenvalue weighted by Gasteiger charge is -2.17. The first-order chi connectivity index (χ1) is 13.5. The molecule has 0 spiro atoms. The summed E-state index contributed by atoms with van der Waals surface area (Å²) in [6, 6.07) is 13.5. The normalized spacial score (nSPS) is 16.2. The standard InChI is InChI=1S/C22H26N2O4/c1-15-4-6-16(7-5-15)13-24-14-18(11-21(24)25)22(26)23-12-17-10-19(27-2)8-9-20(17)28-3/h4-10,18H,11-14H2,1-3H3,(H,23,26). The molecule has 1 saturated heterocycles. The van der Waals surface area contributed by atoms with Gasteiger partial charge in [0.2, 0.25) is 11.8 Å². The minimum absolute atomic E-state index is 0.0136. The van der Waals surface area contributed by atoms with Gasteiger partial charge in [-0.05, 0) is 30.7 Å². The zero-order valence-corrected chi connectivity index (χ0v) is 16.5. The van der Waals surface area contributed by atoms with Crippen LogP contribution >= 0.6 is 0 Å². The molecule has 1 N–H and O–H groups in total. The lowest BCUT2D eigenvalue weighted by molar-refractivity contribution is -0.129. The Morgan fingerprint density at radius 1 is 1.14 bits per heavy atom. The van der Waals surface area contributed by atoms with Gasteiger partial charge in [0, 0.05) is 31.6 Å². The molecule has 0 saturated carbocycles. The summed E-state index contributed by atoms with van der Waals surface area (Å²) in [4.78, 5) is 26.7. The number of likely N-dealkylation sites (tertiary alicyclic amines) is 1. The minimum atomic E-state index is -0.338. The van der Waals surface area contributed by atoms with Crippen LogP contribution in [0.25, 0.3) is 0 Å². The van der Waals surface area contributed by atoms with E-state index in [2.05, 4.69) is 5.32 Å². The number of rotatable bonds is 7. The third kappa shape index (κ3) is 4.63. The molecule has 6 nitrogen and oxygen atoms in total. The molecule has 148 valence electrons. The van der Waals surface area contributed by atoms with Gasteiger partial charge in [0.15, 0.2) is 0 Å². The van der Waals surface area contributed by atoms with Gasteiger partial charge < -0.3 is 19.7 Å². The van der Waals surface area contributed by atoms with Crippen LogP contribution in [0.15, 0.2) is 42.5 Å². The fourth-order valence-electron chi connectivity index (χ4n) is 3.36. The zero-order chi connectivity index (χ0) is 20.1. The topological polar surface area (TPSA) is 67.9 Å². The molecule has 3 rings (SSSR count). The second kappa shape index (κ2) is 8.78. The van der Waals surface area contributed by atoms with Gasteiger partial charge >= 0.3 is 0 Å². The lowest BCUT2D eigenvalue weighted by atomic mass is 10.1. The van der Waals surface area contributed by atoms with Gasteiger partial charge in [-0.25, -0.2) is 0 Å². The first-order valence-corrected chi connectivity index (χ1v) is 9.32. The fraction of sp³-hybridized carbons (Fsp3) is 0.364. The fourth-order valence-corrected chi connectivity index (χ4v) is 3.36. The van der Waals surface area contributed by atoms with E-state index in [1.165, 1.54) is 5.56 Å². The molecule has 6 heteroatoms. The summed E-state index contributed by atoms with van der Waals surface area (Å²) >= 11 is 0. The van der Waals surface area contributed by atoms with Crippen molar-refractivity contribution in [2.45, 2.75) is 26.4 Å². The highest BCUT2D eigenvalue weighted by Crippen LogP contribution is 2.25. The first-order valence-electron chi connectivity index (χ1n) is 9.32. The highest BCUT2D eigenvalue weighted by Gasteiger charge is 2.34. The molecule has 1 aliphatic rings. The van der Waals surface area contributed by atoms with Crippen LogP contribution in [0.3, 0.4) is 0 Å². The van der Waals surface area contributed by atoms with Crippen LogP contribution in [0.4, 0.5) is 0 Å². The maximum absolute atomic E-state index is 12.6. The summed E-state index contributed by atoms with van der Waals surface area (Å²) in [7, 11) is 3.18. The maximum atomic E-state index is 12.6. The van der Waals surface area contributed by atoms with Crippen molar-refractivity contribution >= 4 is 11.8 Å². The van der Waals surface area contributed by atoms with Crippen LogP contribution in [0.5, 0.6) is 11.5 Å². The number of aryl methyl sites for hydroxylation is 1. The Bertz CT molecular complexity index is 848. The van der Waals surface area contributed by atoms with Crippen LogP contribution < -0.4 is 14.8 Å². The molecule has 0 bridgehead atoms. The Labute approximate surface area is 165 Å². The van der Waals surface area contributed by atoms with Crippen molar-refractivity contribution in [3.63, 3.8) is 0 Å². The average molecular weight is 382 g/mol. The number of nitrogens with zero attached hydrogens (tertiary/aromatic N) is 1. The molecular weight excluding hydrogens is 356 g/mol. The van der Waals surface area contributed by atoms with Gasteiger partial charge in [-0.3, -0.25) is 9.59 Å². The quantitative estimate of drug-likeness (QED) is 0.799. The number of nitrogens with one attached hydrogen (secondary N) is 1. The van der Waals surface area contributed by atoms with Crippen LogP contribution in [0, 0.1) is 12.8 Å². The Kier molecular flexibility index (Phi) is 6.19. The van der Waals surface area contributed by atoms with Crippen molar-refractivity contribution in [2.75, 3.05) is 20.8 Å². The monoisotopic (exact) mass is 382 g/mol. The number of hydrogen-bond donors (Lipinski definition) is 1. The molecule has 1 fully saturated rings. The van der Waals surface area contributed by atoms with Crippen molar-refractivity contribution in [3.05, 3.63) is 59.2 Å². The molecule has 2 amide bonds. The summed E-state index contributed by atoms with van der Waals surface area (Å²) in [6.07, 6.45) is 0.243. The second-order valence-electron chi connectivity index (χ2n) is 7.06. The van der Waals surface area contributed by atoms with Crippen molar-refractivity contribution in [1.29, 1.82) is 0 Å². The Morgan fingerprint density at radius 2 is 1.89 bits per heavy atom. The molecule has 2 aromatic rings. The van der Waals surface area contributed by atoms with Gasteiger partial charge in [0.1, 0.15) is 11.5 Å². The molecule has 1 unspecified atom stereocenters. The van der Waals surface area contributed by atoms with Crippen LogP contribution in [-0.2, 0) is 22.7 Å². The highest BCUT2D eigenvalue weighted by molar-refractivity contribution is 5.89. The van der Waals surface area contributed by atoms with E-state index in [9.17, 15) is 9.59 Å². The number of ether oxygens (including phenoxy) is 2. The molecule has 0 aromatic heterocycles. The SMILES string of the molecule is COc1ccc(OC)c(CNC(=O)C2CC(=O)N(Cc3ccc(C)cc3)C2)c1. The summed E-state index contributed by atoms with van der Waals surface area (Å²) in [5.74, 6) is 0.939. The second-order valence-corrected chi connectivity index (χ2v) is 7.06. The molecule has 0 aliphatic carbocycles. The van der Waals surface area contributed by atoms with E-state index < -0.39 is 0 Å². The summed E-state index contributed by atoms with van der Waals surface area (Å²) in [5.41, 5.74) is 3.08. The number of methoxy groups -OCH3 is 2. The minimum Gasteiger partial charge on any atom is -0.497 e. The number of hydrogen-bond acceptors (Lipinski definition) is 4. The first kappa shape index (κ1) is 19.7. The number of benzene rings is 2. The Morgan fingerprint density at radius 3 is 2.57 bits per heavy atom. The van der Waals surface area contributed by atoms with E-state index >= 15 is 0 Å². The molecule has 1 aliphatic heterocycles. The van der Waals surface area contributed by atoms with Crippen molar-refractivity contribution in [1.82, 2.24) is 10.2 Å². The molecule has 1 atom stereocenters. The van der Waals surface area contributed by atoms with Crippen LogP contribution in [0.2, 0.25) is 0 Å². The Hall–Kier alpha value is -3.02. The summed E-state index contributed by atoms with van der Waals surface area (Å²) in [6.45, 7) is 3.32. The number of amides is 2. The summed E-state index contributed by atoms with van der Waals surface area (Å²) in [5, 5.41) is 2.93. The van der Waals surface area contributed by atoms with E-state index in [1.807, 2.05) is 49.4 Å². The van der Waals surface area contributed by atoms with E-state index in [4.69, 9.17) is 9.47 Å². The van der Waals surface area contributed by atoms with E-state index in [0.717, 1.165) is 11.1 Å². The number of carbonyl (C=O) groups excluding carboxylic acids is 2. The van der Waals surface area contributed by atoms with E-state index in [1.54, 1.807) is 19.1 Å². The van der Waals surface area contributed by atoms with Crippen molar-refractivity contribution < 1.29 is 19.1 Å². The zero-order valence-electron chi connectivity index (χ0n) is 16.5. The molecule has 0 radical (unpaired) electrons. The molecule has 1 heterocycles. The third-order valence-corrected chi connectivity index (χ3v) is 5.02. The van der Waals surface area contributed by atoms with Gasteiger partial charge in [-0.15, -0.1) is 0 Å². The van der Waals surface area contributed by atoms with Gasteiger partial charge in [-0.2, -0.15) is 0 Å². The van der Waals surface area contributed by atoms with Crippen molar-refractivity contribution in [3.8, 4) is 11.5 Å². The maximum Gasteiger partial charge on any atom is 0.225 e. The van der Waals surface area contributed by atoms with Gasteiger partial charge in [0.05, 0.1) is 20.1 Å². The molecular formula is C22H26N2O4. The highest BCUT2D eigenvalue weighted by atomic mass is 16.5. The van der Waals surface area contributed by atoms with E-state index in [0.29, 0.717) is 31.1 Å². The van der Waals surface area contributed by atoms with Gasteiger partial charge in [-0.1, -0.05) is 29.8 Å². The predicted octanol–water partition coefficient (Wildman–Crippen LogP) is 2.68. The van der Waals surface area contributed by atoms with Crippen molar-refractivity contribution in [2.24, 2.45) is 5.92 Å². The lowest BCUT2D eigenvalue weighted by Crippen LogP contribution is -2.32. The number of carbonyl (C=O) groups is 2. The predicted molar refractivity (Wildman–Crippen MR) is 106 cm³/mol. The summed E-state index contributed by atoms with van der Waals surface area (Å²) < 4.78 is 10.6. The third-order valence-electron chi connectivity index (χ3n) is 5.02. The molecule has 2 aromatic carbocycles.